The third-order valence-electron chi connectivity index (χ3n) is 4.34. The summed E-state index contributed by atoms with van der Waals surface area (Å²) in [5.74, 6) is 0.129. The lowest BCUT2D eigenvalue weighted by atomic mass is 9.88. The van der Waals surface area contributed by atoms with E-state index in [-0.39, 0.29) is 17.6 Å². The number of H-pyrrole nitrogens is 1. The minimum Gasteiger partial charge on any atom is -0.348 e. The monoisotopic (exact) mass is 325 g/mol. The Bertz CT molecular complexity index is 795. The van der Waals surface area contributed by atoms with E-state index in [1.807, 2.05) is 12.1 Å². The Kier molecular flexibility index (Phi) is 4.79. The predicted octanol–water partition coefficient (Wildman–Crippen LogP) is 2.26. The van der Waals surface area contributed by atoms with Gasteiger partial charge in [0.1, 0.15) is 5.69 Å². The Morgan fingerprint density at radius 3 is 2.83 bits per heavy atom. The SMILES string of the molecule is CC(C)Cc1cc(C(=O)NC2CCc3ccccc3C2)nc(=O)[nH]1. The van der Waals surface area contributed by atoms with Crippen LogP contribution in [0.4, 0.5) is 0 Å². The molecule has 5 heteroatoms. The van der Waals surface area contributed by atoms with Crippen molar-refractivity contribution in [3.8, 4) is 0 Å². The number of aromatic nitrogens is 2. The molecule has 0 saturated carbocycles. The van der Waals surface area contributed by atoms with Crippen LogP contribution in [0, 0.1) is 5.92 Å². The van der Waals surface area contributed by atoms with Crippen molar-refractivity contribution < 1.29 is 4.79 Å². The Labute approximate surface area is 141 Å². The quantitative estimate of drug-likeness (QED) is 0.905. The summed E-state index contributed by atoms with van der Waals surface area (Å²) in [7, 11) is 0. The van der Waals surface area contributed by atoms with Crippen LogP contribution < -0.4 is 11.0 Å². The zero-order valence-corrected chi connectivity index (χ0v) is 14.1. The van der Waals surface area contributed by atoms with Gasteiger partial charge in [-0.15, -0.1) is 0 Å². The number of amides is 1. The van der Waals surface area contributed by atoms with Crippen molar-refractivity contribution in [3.05, 3.63) is 63.3 Å². The van der Waals surface area contributed by atoms with Gasteiger partial charge in [0, 0.05) is 11.7 Å². The van der Waals surface area contributed by atoms with Crippen LogP contribution in [0.25, 0.3) is 0 Å². The Morgan fingerprint density at radius 1 is 1.33 bits per heavy atom. The molecule has 0 bridgehead atoms. The molecule has 2 N–H and O–H groups in total. The number of hydrogen-bond acceptors (Lipinski definition) is 3. The molecule has 2 aromatic rings. The number of nitrogens with one attached hydrogen (secondary N) is 2. The van der Waals surface area contributed by atoms with Crippen LogP contribution >= 0.6 is 0 Å². The number of carbonyl (C=O) groups is 1. The van der Waals surface area contributed by atoms with Crippen LogP contribution in [-0.2, 0) is 19.3 Å². The molecule has 1 aromatic carbocycles. The molecule has 126 valence electrons. The van der Waals surface area contributed by atoms with Crippen molar-refractivity contribution in [2.45, 2.75) is 45.6 Å². The third kappa shape index (κ3) is 3.91. The molecule has 24 heavy (non-hydrogen) atoms. The highest BCUT2D eigenvalue weighted by Crippen LogP contribution is 2.21. The van der Waals surface area contributed by atoms with E-state index in [1.54, 1.807) is 6.07 Å². The maximum Gasteiger partial charge on any atom is 0.345 e. The molecule has 0 spiro atoms. The molecule has 5 nitrogen and oxygen atoms in total. The zero-order chi connectivity index (χ0) is 17.1. The van der Waals surface area contributed by atoms with E-state index in [0.717, 1.165) is 31.4 Å². The minimum absolute atomic E-state index is 0.0852. The first-order valence-corrected chi connectivity index (χ1v) is 8.49. The zero-order valence-electron chi connectivity index (χ0n) is 14.1. The molecular weight excluding hydrogens is 302 g/mol. The van der Waals surface area contributed by atoms with Crippen LogP contribution in [0.2, 0.25) is 0 Å². The molecule has 1 aliphatic rings. The highest BCUT2D eigenvalue weighted by atomic mass is 16.2. The molecule has 0 aliphatic heterocycles. The van der Waals surface area contributed by atoms with Gasteiger partial charge in [0.2, 0.25) is 0 Å². The largest absolute Gasteiger partial charge is 0.348 e. The molecule has 1 unspecified atom stereocenters. The Hall–Kier alpha value is -2.43. The summed E-state index contributed by atoms with van der Waals surface area (Å²) in [6, 6.07) is 10.1. The summed E-state index contributed by atoms with van der Waals surface area (Å²) in [4.78, 5) is 30.7. The standard InChI is InChI=1S/C19H23N3O2/c1-12(2)9-16-11-17(22-19(24)21-16)18(23)20-15-8-7-13-5-3-4-6-14(13)10-15/h3-6,11-12,15H,7-10H2,1-2H3,(H,20,23)(H,21,22,24). The second-order valence-corrected chi connectivity index (χ2v) is 6.88. The molecule has 1 atom stereocenters. The molecule has 1 aliphatic carbocycles. The fourth-order valence-corrected chi connectivity index (χ4v) is 3.25. The van der Waals surface area contributed by atoms with Crippen molar-refractivity contribution in [2.75, 3.05) is 0 Å². The fourth-order valence-electron chi connectivity index (χ4n) is 3.25. The average Bonchev–Trinajstić information content (AvgIpc) is 2.53. The number of fused-ring (bicyclic) bond motifs is 1. The van der Waals surface area contributed by atoms with E-state index in [9.17, 15) is 9.59 Å². The second-order valence-electron chi connectivity index (χ2n) is 6.88. The van der Waals surface area contributed by atoms with Gasteiger partial charge >= 0.3 is 5.69 Å². The average molecular weight is 325 g/mol. The third-order valence-corrected chi connectivity index (χ3v) is 4.34. The van der Waals surface area contributed by atoms with E-state index < -0.39 is 5.69 Å². The van der Waals surface area contributed by atoms with Gasteiger partial charge in [0.15, 0.2) is 0 Å². The molecular formula is C19H23N3O2. The van der Waals surface area contributed by atoms with Crippen LogP contribution in [0.5, 0.6) is 0 Å². The van der Waals surface area contributed by atoms with E-state index in [1.165, 1.54) is 11.1 Å². The van der Waals surface area contributed by atoms with E-state index in [0.29, 0.717) is 5.92 Å². The van der Waals surface area contributed by atoms with Gasteiger partial charge in [0.05, 0.1) is 0 Å². The lowest BCUT2D eigenvalue weighted by Crippen LogP contribution is -2.40. The highest BCUT2D eigenvalue weighted by molar-refractivity contribution is 5.92. The van der Waals surface area contributed by atoms with Crippen molar-refractivity contribution in [1.29, 1.82) is 0 Å². The summed E-state index contributed by atoms with van der Waals surface area (Å²) in [5.41, 5.74) is 3.13. The molecule has 1 aromatic heterocycles. The van der Waals surface area contributed by atoms with Gasteiger partial charge in [-0.1, -0.05) is 38.1 Å². The summed E-state index contributed by atoms with van der Waals surface area (Å²) in [6.45, 7) is 4.13. The molecule has 0 saturated heterocycles. The summed E-state index contributed by atoms with van der Waals surface area (Å²) in [6.07, 6.45) is 3.41. The number of aryl methyl sites for hydroxylation is 1. The lowest BCUT2D eigenvalue weighted by molar-refractivity contribution is 0.0928. The molecule has 3 rings (SSSR count). The first-order valence-electron chi connectivity index (χ1n) is 8.49. The maximum atomic E-state index is 12.5. The van der Waals surface area contributed by atoms with Crippen molar-refractivity contribution in [3.63, 3.8) is 0 Å². The van der Waals surface area contributed by atoms with Gasteiger partial charge in [-0.2, -0.15) is 4.98 Å². The number of carbonyl (C=O) groups excluding carboxylic acids is 1. The van der Waals surface area contributed by atoms with E-state index in [4.69, 9.17) is 0 Å². The fraction of sp³-hybridized carbons (Fsp3) is 0.421. The normalized spacial score (nSPS) is 16.7. The minimum atomic E-state index is -0.465. The smallest absolute Gasteiger partial charge is 0.345 e. The molecule has 1 heterocycles. The molecule has 0 fully saturated rings. The summed E-state index contributed by atoms with van der Waals surface area (Å²) < 4.78 is 0. The number of benzene rings is 1. The summed E-state index contributed by atoms with van der Waals surface area (Å²) >= 11 is 0. The summed E-state index contributed by atoms with van der Waals surface area (Å²) in [5, 5.41) is 3.03. The number of nitrogens with zero attached hydrogens (tertiary/aromatic N) is 1. The second kappa shape index (κ2) is 6.99. The number of aromatic amines is 1. The van der Waals surface area contributed by atoms with Gasteiger partial charge in [-0.3, -0.25) is 4.79 Å². The van der Waals surface area contributed by atoms with Crippen LogP contribution in [0.15, 0.2) is 35.1 Å². The Balaban J connectivity index is 1.72. The Morgan fingerprint density at radius 2 is 2.08 bits per heavy atom. The first kappa shape index (κ1) is 16.4. The molecule has 1 amide bonds. The van der Waals surface area contributed by atoms with Crippen LogP contribution in [0.1, 0.15) is 47.6 Å². The van der Waals surface area contributed by atoms with Crippen molar-refractivity contribution >= 4 is 5.91 Å². The van der Waals surface area contributed by atoms with Gasteiger partial charge in [-0.25, -0.2) is 4.79 Å². The van der Waals surface area contributed by atoms with Crippen molar-refractivity contribution in [2.24, 2.45) is 5.92 Å². The topological polar surface area (TPSA) is 74.8 Å². The molecule has 0 radical (unpaired) electrons. The van der Waals surface area contributed by atoms with Gasteiger partial charge in [-0.05, 0) is 48.8 Å². The number of hydrogen-bond donors (Lipinski definition) is 2. The van der Waals surface area contributed by atoms with Gasteiger partial charge in [0.25, 0.3) is 5.91 Å². The van der Waals surface area contributed by atoms with E-state index >= 15 is 0 Å². The lowest BCUT2D eigenvalue weighted by Gasteiger charge is -2.25. The van der Waals surface area contributed by atoms with Crippen LogP contribution in [-0.4, -0.2) is 21.9 Å². The van der Waals surface area contributed by atoms with Gasteiger partial charge < -0.3 is 10.3 Å². The highest BCUT2D eigenvalue weighted by Gasteiger charge is 2.21. The maximum absolute atomic E-state index is 12.5. The van der Waals surface area contributed by atoms with Crippen LogP contribution in [0.3, 0.4) is 0 Å². The number of rotatable bonds is 4. The van der Waals surface area contributed by atoms with E-state index in [2.05, 4.69) is 41.3 Å². The van der Waals surface area contributed by atoms with Crippen molar-refractivity contribution in [1.82, 2.24) is 15.3 Å². The predicted molar refractivity (Wildman–Crippen MR) is 93.1 cm³/mol. The first-order chi connectivity index (χ1) is 11.5.